The van der Waals surface area contributed by atoms with E-state index in [2.05, 4.69) is 39.2 Å². The summed E-state index contributed by atoms with van der Waals surface area (Å²) in [4.78, 5) is 27.0. The predicted molar refractivity (Wildman–Crippen MR) is 155 cm³/mol. The van der Waals surface area contributed by atoms with Crippen molar-refractivity contribution in [2.45, 2.75) is 92.8 Å². The highest BCUT2D eigenvalue weighted by Crippen LogP contribution is 2.51. The number of nitrogens with one attached hydrogen (secondary N) is 1. The summed E-state index contributed by atoms with van der Waals surface area (Å²) in [6, 6.07) is 6.29. The third-order valence-electron chi connectivity index (χ3n) is 8.53. The van der Waals surface area contributed by atoms with Crippen LogP contribution in [0, 0.1) is 0 Å². The van der Waals surface area contributed by atoms with Crippen molar-refractivity contribution in [1.29, 1.82) is 0 Å². The van der Waals surface area contributed by atoms with E-state index < -0.39 is 49.9 Å². The topological polar surface area (TPSA) is 99.1 Å². The molecule has 1 saturated carbocycles. The quantitative estimate of drug-likeness (QED) is 0.151. The van der Waals surface area contributed by atoms with Crippen molar-refractivity contribution in [3.8, 4) is 0 Å². The monoisotopic (exact) mass is 664 g/mol. The molecule has 0 bridgehead atoms. The van der Waals surface area contributed by atoms with Crippen molar-refractivity contribution in [3.05, 3.63) is 59.2 Å². The fraction of sp³-hybridized carbons (Fsp3) is 0.517. The average Bonchev–Trinajstić information content (AvgIpc) is 3.52. The number of halogens is 6. The van der Waals surface area contributed by atoms with Gasteiger partial charge in [0.05, 0.1) is 12.1 Å². The van der Waals surface area contributed by atoms with Crippen molar-refractivity contribution in [1.82, 2.24) is 4.90 Å². The van der Waals surface area contributed by atoms with E-state index in [1.54, 1.807) is 23.9 Å². The lowest BCUT2D eigenvalue weighted by atomic mass is 9.92. The number of carboxylic acid groups (broad SMARTS) is 1. The minimum atomic E-state index is -6.06. The number of fused-ring (bicyclic) bond motifs is 1. The predicted octanol–water partition coefficient (Wildman–Crippen LogP) is 7.82. The average molecular weight is 665 g/mol. The first-order valence-electron chi connectivity index (χ1n) is 13.7. The number of nitrogens with zero attached hydrogens (tertiary/aromatic N) is 1. The lowest BCUT2D eigenvalue weighted by Gasteiger charge is -2.39. The second-order valence-corrected chi connectivity index (χ2v) is 18.6. The molecule has 2 aromatic carbocycles. The summed E-state index contributed by atoms with van der Waals surface area (Å²) in [5.41, 5.74) is -5.97. The summed E-state index contributed by atoms with van der Waals surface area (Å²) in [6.45, 7) is 10.9. The van der Waals surface area contributed by atoms with Crippen LogP contribution in [0.5, 0.6) is 0 Å². The molecule has 1 heterocycles. The first kappa shape index (κ1) is 34.1. The van der Waals surface area contributed by atoms with Crippen LogP contribution in [0.3, 0.4) is 0 Å². The normalized spacial score (nSPS) is 18.6. The Morgan fingerprint density at radius 1 is 1.02 bits per heavy atom. The molecule has 0 aromatic heterocycles. The van der Waals surface area contributed by atoms with Gasteiger partial charge in [0.1, 0.15) is 6.04 Å². The summed E-state index contributed by atoms with van der Waals surface area (Å²) < 4.78 is 85.9. The summed E-state index contributed by atoms with van der Waals surface area (Å²) in [5.74, 6) is -0.125. The zero-order valence-corrected chi connectivity index (χ0v) is 26.5. The molecule has 0 radical (unpaired) electrons. The number of hydrogen-bond acceptors (Lipinski definition) is 5. The molecule has 0 spiro atoms. The van der Waals surface area contributed by atoms with Crippen molar-refractivity contribution in [3.63, 3.8) is 0 Å². The molecule has 2 amide bonds. The number of amides is 2. The van der Waals surface area contributed by atoms with E-state index >= 15 is 0 Å². The van der Waals surface area contributed by atoms with Crippen molar-refractivity contribution in [2.75, 3.05) is 11.1 Å². The van der Waals surface area contributed by atoms with Crippen LogP contribution in [-0.2, 0) is 21.4 Å². The van der Waals surface area contributed by atoms with E-state index in [1.165, 1.54) is 0 Å². The molecule has 2 aliphatic rings. The van der Waals surface area contributed by atoms with Crippen LogP contribution < -0.4 is 5.32 Å². The lowest BCUT2D eigenvalue weighted by Crippen LogP contribution is -2.53. The van der Waals surface area contributed by atoms with Gasteiger partial charge in [-0.15, -0.1) is 11.8 Å². The molecule has 15 heteroatoms. The van der Waals surface area contributed by atoms with Gasteiger partial charge < -0.3 is 20.0 Å². The first-order valence-corrected chi connectivity index (χ1v) is 17.6. The summed E-state index contributed by atoms with van der Waals surface area (Å²) in [7, 11) is -1.98. The maximum Gasteiger partial charge on any atom is 0.430 e. The van der Waals surface area contributed by atoms with Gasteiger partial charge in [-0.05, 0) is 66.4 Å². The van der Waals surface area contributed by atoms with E-state index in [0.29, 0.717) is 23.3 Å². The Morgan fingerprint density at radius 2 is 1.59 bits per heavy atom. The van der Waals surface area contributed by atoms with Gasteiger partial charge in [0, 0.05) is 21.9 Å². The zero-order valence-electron chi connectivity index (χ0n) is 24.7. The third kappa shape index (κ3) is 6.46. The molecular formula is C29H34F6N2O5SSi. The van der Waals surface area contributed by atoms with Gasteiger partial charge in [-0.2, -0.15) is 26.3 Å². The largest absolute Gasteiger partial charge is 0.465 e. The molecule has 0 saturated heterocycles. The standard InChI is InChI=1S/C29H34F6N2O5SSi/c1-25(2,3)44(4,5)42-26(12-13-26)16-43-20-10-11-21-17(14-20)15-37(24(39)40)22(21)23(38)36-19-8-6-18(7-9-19)27(41,28(30,31)32)29(33,34)35/h6-11,14,22,41H,12-13,15-16H2,1-5H3,(H,36,38)(H,39,40). The van der Waals surface area contributed by atoms with Gasteiger partial charge in [-0.25, -0.2) is 4.79 Å². The van der Waals surface area contributed by atoms with Crippen molar-refractivity contribution in [2.24, 2.45) is 0 Å². The molecule has 1 fully saturated rings. The molecule has 4 rings (SSSR count). The minimum absolute atomic E-state index is 0.0638. The summed E-state index contributed by atoms with van der Waals surface area (Å²) in [5, 5.41) is 21.8. The third-order valence-corrected chi connectivity index (χ3v) is 14.3. The Kier molecular flexibility index (Phi) is 8.72. The lowest BCUT2D eigenvalue weighted by molar-refractivity contribution is -0.376. The molecule has 44 heavy (non-hydrogen) atoms. The highest BCUT2D eigenvalue weighted by Gasteiger charge is 2.71. The van der Waals surface area contributed by atoms with Gasteiger partial charge in [0.25, 0.3) is 11.5 Å². The number of carbonyl (C=O) groups is 2. The van der Waals surface area contributed by atoms with Crippen LogP contribution >= 0.6 is 11.8 Å². The number of hydrogen-bond donors (Lipinski definition) is 3. The number of aliphatic hydroxyl groups is 1. The smallest absolute Gasteiger partial charge is 0.430 e. The van der Waals surface area contributed by atoms with E-state index in [9.17, 15) is 46.1 Å². The van der Waals surface area contributed by atoms with E-state index in [1.807, 2.05) is 6.07 Å². The summed E-state index contributed by atoms with van der Waals surface area (Å²) in [6.07, 6.45) is -11.6. The number of rotatable bonds is 8. The zero-order chi connectivity index (χ0) is 33.1. The Hall–Kier alpha value is -2.75. The first-order chi connectivity index (χ1) is 20.0. The Bertz CT molecular complexity index is 1410. The van der Waals surface area contributed by atoms with E-state index in [-0.39, 0.29) is 22.9 Å². The molecule has 1 aliphatic heterocycles. The Balaban J connectivity index is 1.50. The number of anilines is 1. The van der Waals surface area contributed by atoms with Crippen LogP contribution in [0.4, 0.5) is 36.8 Å². The SMILES string of the molecule is CC(C)(C)[Si](C)(C)OC1(CSc2ccc3c(c2)CN(C(=O)O)C3C(=O)Nc2ccc(C(O)(C(F)(F)F)C(F)(F)F)cc2)CC1. The molecular weight excluding hydrogens is 630 g/mol. The second kappa shape index (κ2) is 11.2. The number of carbonyl (C=O) groups excluding carboxylic acids is 1. The Labute approximate surface area is 256 Å². The highest BCUT2D eigenvalue weighted by atomic mass is 32.2. The molecule has 1 atom stereocenters. The molecule has 1 aliphatic carbocycles. The van der Waals surface area contributed by atoms with E-state index in [4.69, 9.17) is 4.43 Å². The second-order valence-electron chi connectivity index (χ2n) is 12.8. The van der Waals surface area contributed by atoms with Crippen LogP contribution in [0.15, 0.2) is 47.4 Å². The van der Waals surface area contributed by atoms with Crippen molar-refractivity contribution >= 4 is 37.8 Å². The van der Waals surface area contributed by atoms with Gasteiger partial charge in [-0.1, -0.05) is 39.0 Å². The van der Waals surface area contributed by atoms with Gasteiger partial charge in [-0.3, -0.25) is 9.69 Å². The maximum atomic E-state index is 13.2. The fourth-order valence-electron chi connectivity index (χ4n) is 4.80. The van der Waals surface area contributed by atoms with E-state index in [0.717, 1.165) is 40.5 Å². The molecule has 2 aromatic rings. The molecule has 3 N–H and O–H groups in total. The Morgan fingerprint density at radius 3 is 2.07 bits per heavy atom. The highest BCUT2D eigenvalue weighted by molar-refractivity contribution is 7.99. The van der Waals surface area contributed by atoms with Crippen LogP contribution in [0.25, 0.3) is 0 Å². The minimum Gasteiger partial charge on any atom is -0.465 e. The maximum absolute atomic E-state index is 13.2. The van der Waals surface area contributed by atoms with Gasteiger partial charge in [0.15, 0.2) is 8.32 Å². The van der Waals surface area contributed by atoms with Crippen molar-refractivity contribution < 1.29 is 50.6 Å². The van der Waals surface area contributed by atoms with Crippen LogP contribution in [-0.4, -0.2) is 59.1 Å². The molecule has 1 unspecified atom stereocenters. The number of benzene rings is 2. The molecule has 242 valence electrons. The molecule has 7 nitrogen and oxygen atoms in total. The fourth-order valence-corrected chi connectivity index (χ4v) is 7.73. The van der Waals surface area contributed by atoms with Crippen LogP contribution in [0.1, 0.15) is 56.3 Å². The van der Waals surface area contributed by atoms with Crippen LogP contribution in [0.2, 0.25) is 18.1 Å². The van der Waals surface area contributed by atoms with Gasteiger partial charge in [0.2, 0.25) is 0 Å². The number of alkyl halides is 6. The summed E-state index contributed by atoms with van der Waals surface area (Å²) >= 11 is 1.59. The van der Waals surface area contributed by atoms with Gasteiger partial charge >= 0.3 is 18.4 Å². The number of thioether (sulfide) groups is 1.